The maximum atomic E-state index is 11.0. The van der Waals surface area contributed by atoms with Crippen LogP contribution in [0.4, 0.5) is 0 Å². The van der Waals surface area contributed by atoms with Gasteiger partial charge in [-0.2, -0.15) is 0 Å². The summed E-state index contributed by atoms with van der Waals surface area (Å²) in [5.41, 5.74) is 0. The average Bonchev–Trinajstić information content (AvgIpc) is 2.50. The van der Waals surface area contributed by atoms with E-state index >= 15 is 0 Å². The van der Waals surface area contributed by atoms with Gasteiger partial charge >= 0.3 is 17.9 Å². The van der Waals surface area contributed by atoms with E-state index in [4.69, 9.17) is 14.2 Å². The van der Waals surface area contributed by atoms with Crippen LogP contribution in [0.5, 0.6) is 0 Å². The van der Waals surface area contributed by atoms with Crippen LogP contribution in [0, 0.1) is 5.92 Å². The van der Waals surface area contributed by atoms with E-state index in [0.717, 1.165) is 18.2 Å². The van der Waals surface area contributed by atoms with Gasteiger partial charge in [-0.3, -0.25) is 0 Å². The monoisotopic (exact) mass is 296 g/mol. The Kier molecular flexibility index (Phi) is 10.2. The fourth-order valence-electron chi connectivity index (χ4n) is 1.34. The zero-order valence-corrected chi connectivity index (χ0v) is 11.9. The molecule has 6 nitrogen and oxygen atoms in total. The maximum Gasteiger partial charge on any atom is 0.330 e. The summed E-state index contributed by atoms with van der Waals surface area (Å²) in [6.45, 7) is 10.3. The lowest BCUT2D eigenvalue weighted by atomic mass is 10.0. The first kappa shape index (κ1) is 18.6. The van der Waals surface area contributed by atoms with Crippen LogP contribution in [-0.2, 0) is 28.6 Å². The lowest BCUT2D eigenvalue weighted by Gasteiger charge is -2.16. The first-order chi connectivity index (χ1) is 10.0. The number of carbonyl (C=O) groups is 3. The molecule has 0 amide bonds. The zero-order valence-electron chi connectivity index (χ0n) is 11.9. The van der Waals surface area contributed by atoms with Gasteiger partial charge in [0.05, 0.1) is 19.8 Å². The largest absolute Gasteiger partial charge is 0.463 e. The third kappa shape index (κ3) is 10.1. The molecule has 0 rings (SSSR count). The molecule has 0 spiro atoms. The van der Waals surface area contributed by atoms with Crippen molar-refractivity contribution in [1.82, 2.24) is 0 Å². The SMILES string of the molecule is C=CC(=O)OCCC(CCOC(=O)C=C)COC(=O)C=C. The van der Waals surface area contributed by atoms with E-state index in [2.05, 4.69) is 19.7 Å². The van der Waals surface area contributed by atoms with Crippen molar-refractivity contribution in [3.63, 3.8) is 0 Å². The topological polar surface area (TPSA) is 78.9 Å². The third-order valence-corrected chi connectivity index (χ3v) is 2.50. The van der Waals surface area contributed by atoms with Crippen molar-refractivity contribution >= 4 is 17.9 Å². The van der Waals surface area contributed by atoms with E-state index in [9.17, 15) is 14.4 Å². The lowest BCUT2D eigenvalue weighted by molar-refractivity contribution is -0.143. The van der Waals surface area contributed by atoms with Crippen molar-refractivity contribution in [3.8, 4) is 0 Å². The molecule has 0 atom stereocenters. The number of carbonyl (C=O) groups excluding carboxylic acids is 3. The summed E-state index contributed by atoms with van der Waals surface area (Å²) in [6, 6.07) is 0. The summed E-state index contributed by atoms with van der Waals surface area (Å²) >= 11 is 0. The van der Waals surface area contributed by atoms with Gasteiger partial charge in [-0.25, -0.2) is 14.4 Å². The van der Waals surface area contributed by atoms with Gasteiger partial charge in [0.25, 0.3) is 0 Å². The molecule has 0 fully saturated rings. The predicted molar refractivity (Wildman–Crippen MR) is 76.2 cm³/mol. The Bertz CT molecular complexity index is 373. The van der Waals surface area contributed by atoms with E-state index in [-0.39, 0.29) is 25.7 Å². The first-order valence-corrected chi connectivity index (χ1v) is 6.41. The molecule has 0 aliphatic carbocycles. The minimum atomic E-state index is -0.536. The first-order valence-electron chi connectivity index (χ1n) is 6.41. The molecule has 0 aliphatic rings. The Morgan fingerprint density at radius 1 is 0.762 bits per heavy atom. The standard InChI is InChI=1S/C15H20O6/c1-4-13(16)19-9-7-12(11-21-15(18)6-3)8-10-20-14(17)5-2/h4-6,12H,1-3,7-11H2. The third-order valence-electron chi connectivity index (χ3n) is 2.50. The van der Waals surface area contributed by atoms with E-state index in [1.165, 1.54) is 0 Å². The van der Waals surface area contributed by atoms with Crippen molar-refractivity contribution in [1.29, 1.82) is 0 Å². The van der Waals surface area contributed by atoms with Crippen molar-refractivity contribution < 1.29 is 28.6 Å². The Hall–Kier alpha value is -2.37. The Morgan fingerprint density at radius 2 is 1.14 bits per heavy atom. The van der Waals surface area contributed by atoms with E-state index in [1.807, 2.05) is 0 Å². The van der Waals surface area contributed by atoms with Crippen molar-refractivity contribution in [2.24, 2.45) is 5.92 Å². The number of hydrogen-bond donors (Lipinski definition) is 0. The molecule has 21 heavy (non-hydrogen) atoms. The molecule has 0 bridgehead atoms. The lowest BCUT2D eigenvalue weighted by Crippen LogP contribution is -2.18. The quantitative estimate of drug-likeness (QED) is 0.327. The van der Waals surface area contributed by atoms with Gasteiger partial charge < -0.3 is 14.2 Å². The van der Waals surface area contributed by atoms with Gasteiger partial charge in [0.2, 0.25) is 0 Å². The molecule has 0 radical (unpaired) electrons. The number of esters is 3. The molecule has 0 aliphatic heterocycles. The van der Waals surface area contributed by atoms with E-state index in [0.29, 0.717) is 12.8 Å². The van der Waals surface area contributed by atoms with Crippen LogP contribution in [0.3, 0.4) is 0 Å². The second kappa shape index (κ2) is 11.5. The molecular formula is C15H20O6. The molecule has 116 valence electrons. The summed E-state index contributed by atoms with van der Waals surface area (Å²) in [5.74, 6) is -1.68. The minimum absolute atomic E-state index is 0.107. The Morgan fingerprint density at radius 3 is 1.52 bits per heavy atom. The van der Waals surface area contributed by atoms with Gasteiger partial charge in [0, 0.05) is 18.2 Å². The molecule has 0 saturated carbocycles. The van der Waals surface area contributed by atoms with Crippen LogP contribution < -0.4 is 0 Å². The highest BCUT2D eigenvalue weighted by molar-refractivity contribution is 5.81. The number of hydrogen-bond acceptors (Lipinski definition) is 6. The maximum absolute atomic E-state index is 11.0. The summed E-state index contributed by atoms with van der Waals surface area (Å²) in [5, 5.41) is 0. The van der Waals surface area contributed by atoms with Crippen LogP contribution >= 0.6 is 0 Å². The van der Waals surface area contributed by atoms with Crippen LogP contribution in [0.25, 0.3) is 0 Å². The van der Waals surface area contributed by atoms with Crippen molar-refractivity contribution in [2.75, 3.05) is 19.8 Å². The van der Waals surface area contributed by atoms with Gasteiger partial charge in [-0.15, -0.1) is 0 Å². The molecule has 0 aromatic carbocycles. The highest BCUT2D eigenvalue weighted by atomic mass is 16.5. The Balaban J connectivity index is 4.18. The molecule has 0 saturated heterocycles. The summed E-state index contributed by atoms with van der Waals surface area (Å²) in [6.07, 6.45) is 4.13. The highest BCUT2D eigenvalue weighted by Crippen LogP contribution is 2.11. The van der Waals surface area contributed by atoms with Crippen molar-refractivity contribution in [2.45, 2.75) is 12.8 Å². The van der Waals surface area contributed by atoms with Gasteiger partial charge in [0.15, 0.2) is 0 Å². The minimum Gasteiger partial charge on any atom is -0.463 e. The van der Waals surface area contributed by atoms with Crippen LogP contribution in [0.2, 0.25) is 0 Å². The summed E-state index contributed by atoms with van der Waals surface area (Å²) in [4.78, 5) is 32.9. The molecular weight excluding hydrogens is 276 g/mol. The van der Waals surface area contributed by atoms with Crippen molar-refractivity contribution in [3.05, 3.63) is 38.0 Å². The highest BCUT2D eigenvalue weighted by Gasteiger charge is 2.13. The fourth-order valence-corrected chi connectivity index (χ4v) is 1.34. The smallest absolute Gasteiger partial charge is 0.330 e. The molecule has 0 aromatic rings. The fraction of sp³-hybridized carbons (Fsp3) is 0.400. The van der Waals surface area contributed by atoms with E-state index in [1.54, 1.807) is 0 Å². The van der Waals surface area contributed by atoms with Gasteiger partial charge in [0.1, 0.15) is 0 Å². The molecule has 0 heterocycles. The molecule has 0 unspecified atom stereocenters. The second-order valence-electron chi connectivity index (χ2n) is 4.02. The normalized spacial score (nSPS) is 9.57. The molecule has 0 N–H and O–H groups in total. The molecule has 6 heteroatoms. The van der Waals surface area contributed by atoms with Crippen LogP contribution in [-0.4, -0.2) is 37.7 Å². The number of ether oxygens (including phenoxy) is 3. The van der Waals surface area contributed by atoms with Gasteiger partial charge in [-0.05, 0) is 18.8 Å². The summed E-state index contributed by atoms with van der Waals surface area (Å²) < 4.78 is 14.7. The van der Waals surface area contributed by atoms with Gasteiger partial charge in [-0.1, -0.05) is 19.7 Å². The van der Waals surface area contributed by atoms with E-state index < -0.39 is 17.9 Å². The summed E-state index contributed by atoms with van der Waals surface area (Å²) in [7, 11) is 0. The number of rotatable bonds is 11. The zero-order chi connectivity index (χ0) is 16.1. The average molecular weight is 296 g/mol. The molecule has 0 aromatic heterocycles. The second-order valence-corrected chi connectivity index (χ2v) is 4.02. The van der Waals surface area contributed by atoms with Crippen LogP contribution in [0.1, 0.15) is 12.8 Å². The predicted octanol–water partition coefficient (Wildman–Crippen LogP) is 1.57. The van der Waals surface area contributed by atoms with Crippen LogP contribution in [0.15, 0.2) is 38.0 Å². The Labute approximate surface area is 124 Å².